The first-order chi connectivity index (χ1) is 11.2. The molecule has 122 valence electrons. The number of carbonyl (C=O) groups is 1. The Balaban J connectivity index is 1.63. The maximum atomic E-state index is 12.3. The summed E-state index contributed by atoms with van der Waals surface area (Å²) in [5.41, 5.74) is 1.51. The maximum Gasteiger partial charge on any atom is 0.260 e. The van der Waals surface area contributed by atoms with Crippen molar-refractivity contribution in [2.24, 2.45) is 5.92 Å². The molecule has 5 nitrogen and oxygen atoms in total. The second kappa shape index (κ2) is 7.27. The number of benzene rings is 1. The van der Waals surface area contributed by atoms with Crippen molar-refractivity contribution in [1.29, 1.82) is 0 Å². The third kappa shape index (κ3) is 4.20. The van der Waals surface area contributed by atoms with Crippen molar-refractivity contribution in [2.75, 3.05) is 19.7 Å². The SMILES string of the molecule is CCN(CC1CC1)C(=O)COc1nsnc1-c1ccc(Cl)cc1. The lowest BCUT2D eigenvalue weighted by Gasteiger charge is -2.20. The Bertz CT molecular complexity index is 670. The zero-order chi connectivity index (χ0) is 16.2. The number of nitrogens with zero attached hydrogens (tertiary/aromatic N) is 3. The van der Waals surface area contributed by atoms with Crippen molar-refractivity contribution in [2.45, 2.75) is 19.8 Å². The van der Waals surface area contributed by atoms with Gasteiger partial charge in [-0.3, -0.25) is 4.79 Å². The van der Waals surface area contributed by atoms with Gasteiger partial charge in [-0.2, -0.15) is 4.37 Å². The predicted octanol–water partition coefficient (Wildman–Crippen LogP) is 3.50. The van der Waals surface area contributed by atoms with Crippen LogP contribution < -0.4 is 4.74 Å². The van der Waals surface area contributed by atoms with Crippen molar-refractivity contribution in [3.63, 3.8) is 0 Å². The van der Waals surface area contributed by atoms with Gasteiger partial charge < -0.3 is 9.64 Å². The highest BCUT2D eigenvalue weighted by Crippen LogP contribution is 2.30. The molecule has 0 radical (unpaired) electrons. The number of aromatic nitrogens is 2. The van der Waals surface area contributed by atoms with Gasteiger partial charge in [0, 0.05) is 23.7 Å². The van der Waals surface area contributed by atoms with Crippen LogP contribution in [0, 0.1) is 5.92 Å². The fourth-order valence-electron chi connectivity index (χ4n) is 2.30. The average molecular weight is 352 g/mol. The normalized spacial score (nSPS) is 13.8. The lowest BCUT2D eigenvalue weighted by molar-refractivity contribution is -0.133. The third-order valence-corrected chi connectivity index (χ3v) is 4.58. The summed E-state index contributed by atoms with van der Waals surface area (Å²) in [6.45, 7) is 3.52. The molecule has 0 N–H and O–H groups in total. The van der Waals surface area contributed by atoms with Gasteiger partial charge in [0.2, 0.25) is 0 Å². The van der Waals surface area contributed by atoms with E-state index in [4.69, 9.17) is 16.3 Å². The molecule has 1 saturated carbocycles. The summed E-state index contributed by atoms with van der Waals surface area (Å²) in [6, 6.07) is 7.30. The van der Waals surface area contributed by atoms with E-state index in [0.29, 0.717) is 29.1 Å². The Hall–Kier alpha value is -1.66. The topological polar surface area (TPSA) is 55.3 Å². The predicted molar refractivity (Wildman–Crippen MR) is 90.8 cm³/mol. The van der Waals surface area contributed by atoms with Gasteiger partial charge in [-0.15, -0.1) is 4.37 Å². The molecule has 0 spiro atoms. The molecule has 0 atom stereocenters. The maximum absolute atomic E-state index is 12.3. The van der Waals surface area contributed by atoms with Gasteiger partial charge in [0.25, 0.3) is 11.8 Å². The number of halogens is 1. The summed E-state index contributed by atoms with van der Waals surface area (Å²) in [7, 11) is 0. The highest BCUT2D eigenvalue weighted by Gasteiger charge is 2.26. The molecule has 7 heteroatoms. The molecule has 1 aliphatic rings. The van der Waals surface area contributed by atoms with Crippen LogP contribution in [0.25, 0.3) is 11.3 Å². The molecule has 0 aliphatic heterocycles. The van der Waals surface area contributed by atoms with Crippen LogP contribution in [0.2, 0.25) is 5.02 Å². The minimum absolute atomic E-state index is 0.00513. The van der Waals surface area contributed by atoms with Crippen LogP contribution in [0.5, 0.6) is 5.88 Å². The van der Waals surface area contributed by atoms with Gasteiger partial charge in [0.15, 0.2) is 6.61 Å². The zero-order valence-corrected chi connectivity index (χ0v) is 14.4. The number of hydrogen-bond acceptors (Lipinski definition) is 5. The van der Waals surface area contributed by atoms with E-state index in [2.05, 4.69) is 8.75 Å². The zero-order valence-electron chi connectivity index (χ0n) is 12.9. The summed E-state index contributed by atoms with van der Waals surface area (Å²) in [5, 5.41) is 0.660. The number of ether oxygens (including phenoxy) is 1. The van der Waals surface area contributed by atoms with Crippen LogP contribution in [0.1, 0.15) is 19.8 Å². The van der Waals surface area contributed by atoms with E-state index in [9.17, 15) is 4.79 Å². The molecular weight excluding hydrogens is 334 g/mol. The highest BCUT2D eigenvalue weighted by molar-refractivity contribution is 6.99. The lowest BCUT2D eigenvalue weighted by atomic mass is 10.2. The van der Waals surface area contributed by atoms with E-state index in [1.165, 1.54) is 12.8 Å². The molecule has 1 amide bonds. The van der Waals surface area contributed by atoms with Crippen LogP contribution in [-0.2, 0) is 4.79 Å². The summed E-state index contributed by atoms with van der Waals surface area (Å²) in [6.07, 6.45) is 2.45. The molecule has 3 rings (SSSR count). The number of hydrogen-bond donors (Lipinski definition) is 0. The summed E-state index contributed by atoms with van der Waals surface area (Å²) in [5.74, 6) is 1.06. The van der Waals surface area contributed by atoms with E-state index >= 15 is 0 Å². The second-order valence-corrected chi connectivity index (χ2v) is 6.55. The van der Waals surface area contributed by atoms with E-state index in [1.54, 1.807) is 12.1 Å². The second-order valence-electron chi connectivity index (χ2n) is 5.59. The minimum Gasteiger partial charge on any atom is -0.465 e. The van der Waals surface area contributed by atoms with Crippen molar-refractivity contribution in [3.05, 3.63) is 29.3 Å². The third-order valence-electron chi connectivity index (χ3n) is 3.82. The lowest BCUT2D eigenvalue weighted by Crippen LogP contribution is -2.36. The number of carbonyl (C=O) groups excluding carboxylic acids is 1. The molecule has 0 saturated heterocycles. The number of rotatable bonds is 7. The first-order valence-corrected chi connectivity index (χ1v) is 8.77. The molecule has 0 bridgehead atoms. The largest absolute Gasteiger partial charge is 0.465 e. The van der Waals surface area contributed by atoms with E-state index in [0.717, 1.165) is 23.8 Å². The first kappa shape index (κ1) is 16.2. The fraction of sp³-hybridized carbons (Fsp3) is 0.438. The summed E-state index contributed by atoms with van der Waals surface area (Å²) >= 11 is 6.97. The molecule has 1 aromatic carbocycles. The van der Waals surface area contributed by atoms with Crippen LogP contribution in [0.4, 0.5) is 0 Å². The van der Waals surface area contributed by atoms with Gasteiger partial charge in [0.1, 0.15) is 5.69 Å². The number of likely N-dealkylation sites (N-methyl/N-ethyl adjacent to an activating group) is 1. The van der Waals surface area contributed by atoms with Crippen molar-refractivity contribution in [1.82, 2.24) is 13.6 Å². The van der Waals surface area contributed by atoms with Gasteiger partial charge in [-0.05, 0) is 37.8 Å². The minimum atomic E-state index is -0.00738. The van der Waals surface area contributed by atoms with E-state index in [1.807, 2.05) is 24.0 Å². The van der Waals surface area contributed by atoms with Crippen molar-refractivity contribution in [3.8, 4) is 17.1 Å². The van der Waals surface area contributed by atoms with Gasteiger partial charge in [-0.1, -0.05) is 23.7 Å². The molecule has 1 aromatic heterocycles. The van der Waals surface area contributed by atoms with Crippen molar-refractivity contribution < 1.29 is 9.53 Å². The Morgan fingerprint density at radius 2 is 2.09 bits per heavy atom. The monoisotopic (exact) mass is 351 g/mol. The Labute approximate surface area is 144 Å². The molecule has 23 heavy (non-hydrogen) atoms. The quantitative estimate of drug-likeness (QED) is 0.766. The Morgan fingerprint density at radius 1 is 1.35 bits per heavy atom. The Kier molecular flexibility index (Phi) is 5.13. The fourth-order valence-corrected chi connectivity index (χ4v) is 2.95. The van der Waals surface area contributed by atoms with Crippen LogP contribution in [0.15, 0.2) is 24.3 Å². The molecule has 2 aromatic rings. The van der Waals surface area contributed by atoms with Crippen molar-refractivity contribution >= 4 is 29.2 Å². The Morgan fingerprint density at radius 3 is 2.74 bits per heavy atom. The smallest absolute Gasteiger partial charge is 0.260 e. The van der Waals surface area contributed by atoms with E-state index in [-0.39, 0.29) is 12.5 Å². The molecule has 0 unspecified atom stereocenters. The van der Waals surface area contributed by atoms with Gasteiger partial charge in [0.05, 0.1) is 11.7 Å². The number of amides is 1. The van der Waals surface area contributed by atoms with Crippen LogP contribution >= 0.6 is 23.3 Å². The first-order valence-electron chi connectivity index (χ1n) is 7.66. The standard InChI is InChI=1S/C16H18ClN3O2S/c1-2-20(9-11-3-4-11)14(21)10-22-16-15(18-23-19-16)12-5-7-13(17)8-6-12/h5-8,11H,2-4,9-10H2,1H3. The van der Waals surface area contributed by atoms with Gasteiger partial charge >= 0.3 is 0 Å². The molecular formula is C16H18ClN3O2S. The summed E-state index contributed by atoms with van der Waals surface area (Å²) < 4.78 is 14.0. The highest BCUT2D eigenvalue weighted by atomic mass is 35.5. The van der Waals surface area contributed by atoms with Gasteiger partial charge in [-0.25, -0.2) is 0 Å². The average Bonchev–Trinajstić information content (AvgIpc) is 3.26. The van der Waals surface area contributed by atoms with E-state index < -0.39 is 0 Å². The summed E-state index contributed by atoms with van der Waals surface area (Å²) in [4.78, 5) is 14.1. The molecule has 1 heterocycles. The van der Waals surface area contributed by atoms with Crippen LogP contribution in [-0.4, -0.2) is 39.3 Å². The van der Waals surface area contributed by atoms with Crippen LogP contribution in [0.3, 0.4) is 0 Å². The molecule has 1 fully saturated rings. The molecule has 1 aliphatic carbocycles.